The number of para-hydroxylation sites is 1. The Hall–Kier alpha value is -2.87. The molecule has 2 aromatic rings. The third-order valence-corrected chi connectivity index (χ3v) is 4.46. The average molecular weight is 391 g/mol. The van der Waals surface area contributed by atoms with Gasteiger partial charge in [0.2, 0.25) is 0 Å². The van der Waals surface area contributed by atoms with Crippen molar-refractivity contribution in [1.82, 2.24) is 0 Å². The largest absolute Gasteiger partial charge is 0.490 e. The van der Waals surface area contributed by atoms with E-state index in [1.807, 2.05) is 0 Å². The van der Waals surface area contributed by atoms with Gasteiger partial charge in [0, 0.05) is 0 Å². The minimum absolute atomic E-state index is 0.0959. The number of ether oxygens (including phenoxy) is 2. The van der Waals surface area contributed by atoms with E-state index in [4.69, 9.17) is 4.74 Å². The summed E-state index contributed by atoms with van der Waals surface area (Å²) in [5.74, 6) is -0.405. The first-order chi connectivity index (χ1) is 13.0. The number of carbonyl (C=O) groups excluding carboxylic acids is 2. The lowest BCUT2D eigenvalue weighted by molar-refractivity contribution is -0.113. The number of carbonyl (C=O) groups is 2. The summed E-state index contributed by atoms with van der Waals surface area (Å²) in [6, 6.07) is 12.9. The van der Waals surface area contributed by atoms with E-state index < -0.39 is 17.8 Å². The number of thioether (sulfide) groups is 1. The van der Waals surface area contributed by atoms with Crippen LogP contribution in [-0.4, -0.2) is 24.4 Å². The van der Waals surface area contributed by atoms with E-state index in [1.54, 1.807) is 37.3 Å². The molecular formula is C19H15F2NO4S. The summed E-state index contributed by atoms with van der Waals surface area (Å²) in [6.07, 6.45) is 1.52. The molecule has 0 spiro atoms. The van der Waals surface area contributed by atoms with Crippen LogP contribution in [0.25, 0.3) is 6.08 Å². The summed E-state index contributed by atoms with van der Waals surface area (Å²) in [5.41, 5.74) is 1.01. The monoisotopic (exact) mass is 391 g/mol. The number of rotatable bonds is 6. The molecule has 0 radical (unpaired) electrons. The standard InChI is InChI=1S/C19H15F2NO4S/c1-2-25-15-10-12(8-9-14(15)26-18(20)21)11-16-17(23)22(19(24)27-16)13-6-4-3-5-7-13/h3-11,18H,2H2,1H3/b16-11+. The highest BCUT2D eigenvalue weighted by Crippen LogP contribution is 2.37. The van der Waals surface area contributed by atoms with Gasteiger partial charge >= 0.3 is 6.61 Å². The number of hydrogen-bond donors (Lipinski definition) is 0. The van der Waals surface area contributed by atoms with Crippen LogP contribution in [0.3, 0.4) is 0 Å². The van der Waals surface area contributed by atoms with Crippen molar-refractivity contribution in [2.24, 2.45) is 0 Å². The van der Waals surface area contributed by atoms with Gasteiger partial charge in [-0.3, -0.25) is 9.59 Å². The van der Waals surface area contributed by atoms with Gasteiger partial charge in [0.15, 0.2) is 11.5 Å². The summed E-state index contributed by atoms with van der Waals surface area (Å²) >= 11 is 0.812. The second-order valence-electron chi connectivity index (χ2n) is 5.37. The number of hydrogen-bond acceptors (Lipinski definition) is 5. The molecule has 5 nitrogen and oxygen atoms in total. The molecular weight excluding hydrogens is 376 g/mol. The van der Waals surface area contributed by atoms with Crippen LogP contribution < -0.4 is 14.4 Å². The maximum atomic E-state index is 12.6. The van der Waals surface area contributed by atoms with E-state index in [2.05, 4.69) is 4.74 Å². The molecule has 8 heteroatoms. The average Bonchev–Trinajstić information content (AvgIpc) is 2.91. The van der Waals surface area contributed by atoms with Crippen LogP contribution in [0.4, 0.5) is 19.3 Å². The third kappa shape index (κ3) is 4.28. The van der Waals surface area contributed by atoms with Crippen molar-refractivity contribution in [3.8, 4) is 11.5 Å². The summed E-state index contributed by atoms with van der Waals surface area (Å²) in [7, 11) is 0. The molecule has 0 saturated carbocycles. The van der Waals surface area contributed by atoms with Crippen LogP contribution in [-0.2, 0) is 4.79 Å². The molecule has 2 aromatic carbocycles. The van der Waals surface area contributed by atoms with Gasteiger partial charge in [0.25, 0.3) is 11.1 Å². The Morgan fingerprint density at radius 2 is 1.85 bits per heavy atom. The second kappa shape index (κ2) is 8.22. The minimum Gasteiger partial charge on any atom is -0.490 e. The van der Waals surface area contributed by atoms with Crippen molar-refractivity contribution in [2.75, 3.05) is 11.5 Å². The highest BCUT2D eigenvalue weighted by molar-refractivity contribution is 8.19. The molecule has 1 aliphatic heterocycles. The van der Waals surface area contributed by atoms with Crippen molar-refractivity contribution in [2.45, 2.75) is 13.5 Å². The summed E-state index contributed by atoms with van der Waals surface area (Å²) in [4.78, 5) is 26.2. The molecule has 2 amide bonds. The molecule has 3 rings (SSSR count). The Morgan fingerprint density at radius 1 is 1.11 bits per heavy atom. The smallest absolute Gasteiger partial charge is 0.387 e. The molecule has 0 unspecified atom stereocenters. The predicted molar refractivity (Wildman–Crippen MR) is 99.1 cm³/mol. The first-order valence-corrected chi connectivity index (χ1v) is 8.86. The molecule has 1 saturated heterocycles. The lowest BCUT2D eigenvalue weighted by atomic mass is 10.2. The van der Waals surface area contributed by atoms with Crippen LogP contribution in [0, 0.1) is 0 Å². The lowest BCUT2D eigenvalue weighted by Gasteiger charge is -2.12. The van der Waals surface area contributed by atoms with Crippen molar-refractivity contribution in [3.05, 3.63) is 59.0 Å². The van der Waals surface area contributed by atoms with E-state index in [9.17, 15) is 18.4 Å². The maximum absolute atomic E-state index is 12.6. The molecule has 0 bridgehead atoms. The number of alkyl halides is 2. The first-order valence-electron chi connectivity index (χ1n) is 8.04. The van der Waals surface area contributed by atoms with Crippen LogP contribution in [0.2, 0.25) is 0 Å². The number of amides is 2. The summed E-state index contributed by atoms with van der Waals surface area (Å²) in [5, 5.41) is -0.403. The Bertz CT molecular complexity index is 887. The Balaban J connectivity index is 1.89. The summed E-state index contributed by atoms with van der Waals surface area (Å²) in [6.45, 7) is -1.00. The van der Waals surface area contributed by atoms with Crippen LogP contribution in [0.15, 0.2) is 53.4 Å². The molecule has 0 atom stereocenters. The maximum Gasteiger partial charge on any atom is 0.387 e. The Kier molecular flexibility index (Phi) is 5.75. The van der Waals surface area contributed by atoms with Crippen molar-refractivity contribution in [1.29, 1.82) is 0 Å². The minimum atomic E-state index is -2.97. The first kappa shape index (κ1) is 18.9. The zero-order valence-electron chi connectivity index (χ0n) is 14.2. The van der Waals surface area contributed by atoms with Crippen molar-refractivity contribution in [3.63, 3.8) is 0 Å². The molecule has 140 valence electrons. The zero-order valence-corrected chi connectivity index (χ0v) is 15.0. The quantitative estimate of drug-likeness (QED) is 0.654. The van der Waals surface area contributed by atoms with Gasteiger partial charge in [-0.1, -0.05) is 24.3 Å². The Labute approximate surface area is 158 Å². The Morgan fingerprint density at radius 3 is 2.52 bits per heavy atom. The fourth-order valence-electron chi connectivity index (χ4n) is 2.49. The molecule has 1 heterocycles. The van der Waals surface area contributed by atoms with Gasteiger partial charge in [-0.2, -0.15) is 8.78 Å². The number of anilines is 1. The lowest BCUT2D eigenvalue weighted by Crippen LogP contribution is -2.27. The summed E-state index contributed by atoms with van der Waals surface area (Å²) < 4.78 is 34.7. The number of halogens is 2. The highest BCUT2D eigenvalue weighted by Gasteiger charge is 2.36. The second-order valence-corrected chi connectivity index (χ2v) is 6.36. The van der Waals surface area contributed by atoms with E-state index in [0.717, 1.165) is 16.7 Å². The van der Waals surface area contributed by atoms with Gasteiger partial charge in [0.1, 0.15) is 0 Å². The molecule has 1 fully saturated rings. The van der Waals surface area contributed by atoms with Gasteiger partial charge in [-0.25, -0.2) is 4.90 Å². The van der Waals surface area contributed by atoms with Gasteiger partial charge < -0.3 is 9.47 Å². The van der Waals surface area contributed by atoms with Crippen LogP contribution in [0.5, 0.6) is 11.5 Å². The highest BCUT2D eigenvalue weighted by atomic mass is 32.2. The zero-order chi connectivity index (χ0) is 19.4. The molecule has 0 aromatic heterocycles. The number of nitrogens with zero attached hydrogens (tertiary/aromatic N) is 1. The van der Waals surface area contributed by atoms with Gasteiger partial charge in [-0.05, 0) is 54.6 Å². The topological polar surface area (TPSA) is 55.8 Å². The van der Waals surface area contributed by atoms with Crippen molar-refractivity contribution < 1.29 is 27.8 Å². The van der Waals surface area contributed by atoms with Gasteiger partial charge in [-0.15, -0.1) is 0 Å². The molecule has 27 heavy (non-hydrogen) atoms. The van der Waals surface area contributed by atoms with E-state index in [1.165, 1.54) is 24.3 Å². The van der Waals surface area contributed by atoms with Crippen molar-refractivity contribution >= 4 is 34.7 Å². The predicted octanol–water partition coefficient (Wildman–Crippen LogP) is 4.93. The van der Waals surface area contributed by atoms with E-state index >= 15 is 0 Å². The third-order valence-electron chi connectivity index (χ3n) is 3.59. The molecule has 1 aliphatic rings. The van der Waals surface area contributed by atoms with Gasteiger partial charge in [0.05, 0.1) is 17.2 Å². The normalized spacial score (nSPS) is 15.7. The van der Waals surface area contributed by atoms with Crippen LogP contribution >= 0.6 is 11.8 Å². The number of imide groups is 1. The van der Waals surface area contributed by atoms with Crippen LogP contribution in [0.1, 0.15) is 12.5 Å². The fraction of sp³-hybridized carbons (Fsp3) is 0.158. The van der Waals surface area contributed by atoms with E-state index in [-0.39, 0.29) is 23.0 Å². The fourth-order valence-corrected chi connectivity index (χ4v) is 3.34. The number of benzene rings is 2. The molecule has 0 aliphatic carbocycles. The SMILES string of the molecule is CCOc1cc(/C=C2/SC(=O)N(c3ccccc3)C2=O)ccc1OC(F)F. The van der Waals surface area contributed by atoms with E-state index in [0.29, 0.717) is 11.3 Å². The molecule has 0 N–H and O–H groups in total.